The van der Waals surface area contributed by atoms with Gasteiger partial charge in [0.05, 0.1) is 6.61 Å². The number of hydrogen-bond donors (Lipinski definition) is 0. The Balaban J connectivity index is 2.79. The lowest BCUT2D eigenvalue weighted by molar-refractivity contribution is 0.192. The van der Waals surface area contributed by atoms with Crippen LogP contribution in [-0.2, 0) is 9.09 Å². The molecule has 96 valence electrons. The second kappa shape index (κ2) is 7.20. The predicted molar refractivity (Wildman–Crippen MR) is 68.4 cm³/mol. The van der Waals surface area contributed by atoms with Gasteiger partial charge in [0.25, 0.3) is 0 Å². The van der Waals surface area contributed by atoms with Crippen LogP contribution in [-0.4, -0.2) is 53.9 Å². The van der Waals surface area contributed by atoms with Crippen molar-refractivity contribution in [2.75, 3.05) is 44.5 Å². The van der Waals surface area contributed by atoms with Gasteiger partial charge < -0.3 is 4.52 Å². The highest BCUT2D eigenvalue weighted by Crippen LogP contribution is 2.56. The predicted octanol–water partition coefficient (Wildman–Crippen LogP) is 2.62. The van der Waals surface area contributed by atoms with E-state index in [0.29, 0.717) is 31.5 Å². The molecular formula is C9H19Cl2N2O2P. The van der Waals surface area contributed by atoms with Crippen LogP contribution >= 0.6 is 30.9 Å². The maximum Gasteiger partial charge on any atom is 0.346 e. The molecule has 1 heterocycles. The quantitative estimate of drug-likeness (QED) is 0.556. The standard InChI is InChI=1S/C9H19Cl2N2O2P/c1-2-15-16(14)12(8-4-10)6-3-7-13(16)9-5-11/h2-9H2,1H3. The maximum absolute atomic E-state index is 12.8. The molecule has 0 atom stereocenters. The van der Waals surface area contributed by atoms with Gasteiger partial charge in [0.2, 0.25) is 0 Å². The number of rotatable bonds is 6. The summed E-state index contributed by atoms with van der Waals surface area (Å²) in [7, 11) is -2.87. The van der Waals surface area contributed by atoms with Gasteiger partial charge in [0.15, 0.2) is 0 Å². The first-order valence-electron chi connectivity index (χ1n) is 5.56. The Labute approximate surface area is 107 Å². The summed E-state index contributed by atoms with van der Waals surface area (Å²) in [6.45, 7) is 5.04. The minimum Gasteiger partial charge on any atom is -0.306 e. The van der Waals surface area contributed by atoms with Crippen LogP contribution in [0, 0.1) is 0 Å². The second-order valence-corrected chi connectivity index (χ2v) is 6.67. The largest absolute Gasteiger partial charge is 0.346 e. The molecule has 1 aliphatic rings. The third-order valence-electron chi connectivity index (χ3n) is 2.53. The average molecular weight is 289 g/mol. The molecule has 0 aromatic carbocycles. The minimum absolute atomic E-state index is 0.439. The molecule has 1 aliphatic heterocycles. The third kappa shape index (κ3) is 3.34. The minimum atomic E-state index is -2.87. The molecule has 1 fully saturated rings. The first-order chi connectivity index (χ1) is 7.69. The first-order valence-corrected chi connectivity index (χ1v) is 8.16. The van der Waals surface area contributed by atoms with Gasteiger partial charge in [-0.3, -0.25) is 4.57 Å². The van der Waals surface area contributed by atoms with Crippen LogP contribution in [0.15, 0.2) is 0 Å². The lowest BCUT2D eigenvalue weighted by Gasteiger charge is -2.41. The van der Waals surface area contributed by atoms with Crippen molar-refractivity contribution in [3.05, 3.63) is 0 Å². The van der Waals surface area contributed by atoms with Crippen molar-refractivity contribution in [3.63, 3.8) is 0 Å². The van der Waals surface area contributed by atoms with E-state index in [4.69, 9.17) is 27.7 Å². The molecule has 0 saturated carbocycles. The summed E-state index contributed by atoms with van der Waals surface area (Å²) in [4.78, 5) is 0. The highest BCUT2D eigenvalue weighted by molar-refractivity contribution is 7.54. The molecule has 0 unspecified atom stereocenters. The zero-order valence-electron chi connectivity index (χ0n) is 9.57. The van der Waals surface area contributed by atoms with Gasteiger partial charge in [-0.1, -0.05) is 0 Å². The summed E-state index contributed by atoms with van der Waals surface area (Å²) in [5, 5.41) is 0. The van der Waals surface area contributed by atoms with Gasteiger partial charge in [-0.05, 0) is 13.3 Å². The Morgan fingerprint density at radius 1 is 1.19 bits per heavy atom. The Bertz CT molecular complexity index is 234. The Morgan fingerprint density at radius 3 is 2.06 bits per heavy atom. The first kappa shape index (κ1) is 14.7. The lowest BCUT2D eigenvalue weighted by Crippen LogP contribution is -2.41. The molecule has 0 aromatic heterocycles. The molecule has 1 rings (SSSR count). The topological polar surface area (TPSA) is 32.8 Å². The van der Waals surface area contributed by atoms with Gasteiger partial charge >= 0.3 is 7.67 Å². The van der Waals surface area contributed by atoms with E-state index in [0.717, 1.165) is 19.5 Å². The van der Waals surface area contributed by atoms with E-state index in [1.165, 1.54) is 0 Å². The molecule has 0 N–H and O–H groups in total. The highest BCUT2D eigenvalue weighted by Gasteiger charge is 2.40. The van der Waals surface area contributed by atoms with Crippen LogP contribution in [0.4, 0.5) is 0 Å². The zero-order chi connectivity index (χ0) is 12.0. The van der Waals surface area contributed by atoms with Crippen molar-refractivity contribution < 1.29 is 9.09 Å². The van der Waals surface area contributed by atoms with Crippen molar-refractivity contribution in [2.45, 2.75) is 13.3 Å². The van der Waals surface area contributed by atoms with E-state index >= 15 is 0 Å². The number of nitrogens with zero attached hydrogens (tertiary/aromatic N) is 2. The summed E-state index contributed by atoms with van der Waals surface area (Å²) in [6.07, 6.45) is 0.977. The Morgan fingerprint density at radius 2 is 1.69 bits per heavy atom. The molecule has 0 aliphatic carbocycles. The molecule has 1 saturated heterocycles. The van der Waals surface area contributed by atoms with Crippen molar-refractivity contribution in [1.82, 2.24) is 9.34 Å². The van der Waals surface area contributed by atoms with E-state index in [9.17, 15) is 4.57 Å². The van der Waals surface area contributed by atoms with Gasteiger partial charge in [-0.2, -0.15) is 0 Å². The second-order valence-electron chi connectivity index (χ2n) is 3.55. The number of alkyl halides is 2. The number of hydrogen-bond acceptors (Lipinski definition) is 2. The van der Waals surface area contributed by atoms with Crippen molar-refractivity contribution >= 4 is 30.9 Å². The van der Waals surface area contributed by atoms with Gasteiger partial charge in [0.1, 0.15) is 0 Å². The van der Waals surface area contributed by atoms with Crippen LogP contribution in [0.1, 0.15) is 13.3 Å². The average Bonchev–Trinajstić information content (AvgIpc) is 2.25. The van der Waals surface area contributed by atoms with E-state index < -0.39 is 7.67 Å². The van der Waals surface area contributed by atoms with Crippen LogP contribution in [0.3, 0.4) is 0 Å². The molecule has 7 heteroatoms. The summed E-state index contributed by atoms with van der Waals surface area (Å²) in [5.74, 6) is 0.928. The van der Waals surface area contributed by atoms with Crippen LogP contribution in [0.2, 0.25) is 0 Å². The molecule has 0 spiro atoms. The van der Waals surface area contributed by atoms with E-state index in [-0.39, 0.29) is 0 Å². The lowest BCUT2D eigenvalue weighted by atomic mass is 10.4. The fourth-order valence-corrected chi connectivity index (χ4v) is 5.03. The summed E-state index contributed by atoms with van der Waals surface area (Å²) >= 11 is 11.4. The summed E-state index contributed by atoms with van der Waals surface area (Å²) in [5.41, 5.74) is 0. The van der Waals surface area contributed by atoms with E-state index in [2.05, 4.69) is 0 Å². The summed E-state index contributed by atoms with van der Waals surface area (Å²) < 4.78 is 22.0. The smallest absolute Gasteiger partial charge is 0.306 e. The third-order valence-corrected chi connectivity index (χ3v) is 5.69. The summed E-state index contributed by atoms with van der Waals surface area (Å²) in [6, 6.07) is 0. The fourth-order valence-electron chi connectivity index (χ4n) is 1.87. The molecule has 0 bridgehead atoms. The highest BCUT2D eigenvalue weighted by atomic mass is 35.5. The maximum atomic E-state index is 12.8. The van der Waals surface area contributed by atoms with Crippen LogP contribution < -0.4 is 0 Å². The SMILES string of the molecule is CCOP1(=O)N(CCCl)CCCN1CCCl. The normalized spacial score (nSPS) is 22.4. The van der Waals surface area contributed by atoms with Crippen LogP contribution in [0.25, 0.3) is 0 Å². The Hall–Kier alpha value is 0.690. The van der Waals surface area contributed by atoms with Gasteiger partial charge in [-0.25, -0.2) is 9.34 Å². The monoisotopic (exact) mass is 288 g/mol. The molecule has 0 amide bonds. The van der Waals surface area contributed by atoms with E-state index in [1.54, 1.807) is 0 Å². The van der Waals surface area contributed by atoms with Crippen molar-refractivity contribution in [2.24, 2.45) is 0 Å². The molecule has 0 aromatic rings. The molecule has 0 radical (unpaired) electrons. The van der Waals surface area contributed by atoms with Crippen molar-refractivity contribution in [3.8, 4) is 0 Å². The van der Waals surface area contributed by atoms with Crippen LogP contribution in [0.5, 0.6) is 0 Å². The Kier molecular flexibility index (Phi) is 6.63. The molecular weight excluding hydrogens is 270 g/mol. The van der Waals surface area contributed by atoms with Gasteiger partial charge in [-0.15, -0.1) is 23.2 Å². The zero-order valence-corrected chi connectivity index (χ0v) is 12.0. The molecule has 4 nitrogen and oxygen atoms in total. The number of halogens is 2. The van der Waals surface area contributed by atoms with E-state index in [1.807, 2.05) is 16.3 Å². The fraction of sp³-hybridized carbons (Fsp3) is 1.00. The van der Waals surface area contributed by atoms with Gasteiger partial charge in [0, 0.05) is 37.9 Å². The van der Waals surface area contributed by atoms with Crippen molar-refractivity contribution in [1.29, 1.82) is 0 Å². The molecule has 16 heavy (non-hydrogen) atoms.